The van der Waals surface area contributed by atoms with Crippen LogP contribution in [0.3, 0.4) is 0 Å². The quantitative estimate of drug-likeness (QED) is 0.0758. The molecule has 1 saturated carbocycles. The van der Waals surface area contributed by atoms with Crippen molar-refractivity contribution in [1.29, 1.82) is 0 Å². The molecule has 25 nitrogen and oxygen atoms in total. The van der Waals surface area contributed by atoms with Crippen LogP contribution < -0.4 is 58.7 Å². The maximum atomic E-state index is 11.1. The van der Waals surface area contributed by atoms with Crippen LogP contribution in [0.1, 0.15) is 0 Å². The topological polar surface area (TPSA) is 457 Å². The van der Waals surface area contributed by atoms with Crippen molar-refractivity contribution in [1.82, 2.24) is 0 Å². The van der Waals surface area contributed by atoms with Gasteiger partial charge in [0.1, 0.15) is 36.6 Å². The molecule has 1 fully saturated rings. The molecule has 0 spiro atoms. The second kappa shape index (κ2) is 43.6. The zero-order valence-corrected chi connectivity index (χ0v) is 46.7. The van der Waals surface area contributed by atoms with E-state index in [-0.39, 0.29) is 291 Å². The first-order valence-corrected chi connectivity index (χ1v) is 17.4. The van der Waals surface area contributed by atoms with Gasteiger partial charge in [0.05, 0.1) is 46.9 Å². The van der Waals surface area contributed by atoms with Crippen molar-refractivity contribution in [3.05, 3.63) is 5.41 Å². The van der Waals surface area contributed by atoms with Crippen LogP contribution in [0.4, 0.5) is 0 Å². The van der Waals surface area contributed by atoms with Crippen molar-refractivity contribution < 1.29 is 404 Å². The van der Waals surface area contributed by atoms with Crippen molar-refractivity contribution in [2.45, 2.75) is 36.6 Å². The van der Waals surface area contributed by atoms with E-state index in [2.05, 4.69) is 39.4 Å². The number of rotatable bonds is 12. The molecule has 0 unspecified atom stereocenters. The molecular weight excluding hydrogens is 2100 g/mol. The fourth-order valence-electron chi connectivity index (χ4n) is 2.74. The van der Waals surface area contributed by atoms with Gasteiger partial charge in [0.2, 0.25) is 0 Å². The SMILES string of the molecule is O=P([O-])([O-])OC1C(OP(=O)([O-])[O-])C(OP(=O)([O-])[O-])C(OP(=O)([O-])[O-])C(OP(=O)([O-])[O-])C1OP(=O)([O-])[O-].[Ag+].[Ag+].[Ag+].[Ag+].[Ag+].[Ag+].[Ag+].[Ag+].[Ag+].[Ag+].[Ag+].[Ag+].[Ag+].[N-]=C=S. The molecule has 0 heterocycles. The van der Waals surface area contributed by atoms with Crippen LogP contribution in [0.15, 0.2) is 0 Å². The van der Waals surface area contributed by atoms with Gasteiger partial charge >= 0.3 is 291 Å². The zero-order valence-electron chi connectivity index (χ0n) is 21.2. The maximum absolute atomic E-state index is 11.1. The normalized spacial score (nSPS) is 20.5. The summed E-state index contributed by atoms with van der Waals surface area (Å²) < 4.78 is 88.3. The number of nitrogens with zero attached hydrogens (tertiary/aromatic N) is 1. The Bertz CT molecular complexity index is 961. The first-order valence-electron chi connectivity index (χ1n) is 8.22. The summed E-state index contributed by atoms with van der Waals surface area (Å²) in [6.45, 7) is 0. The van der Waals surface area contributed by atoms with Crippen LogP contribution in [-0.4, -0.2) is 41.8 Å². The number of hydrogen-bond acceptors (Lipinski definition) is 25. The molecule has 362 valence electrons. The van der Waals surface area contributed by atoms with Crippen LogP contribution in [0.5, 0.6) is 0 Å². The molecule has 0 atom stereocenters. The minimum Gasteiger partial charge on any atom is -0.790 e. The van der Waals surface area contributed by atoms with Gasteiger partial charge in [0.15, 0.2) is 0 Å². The van der Waals surface area contributed by atoms with Gasteiger partial charge < -0.3 is 119 Å². The minimum atomic E-state index is -6.68. The standard InChI is InChI=1S/C6H18O24P6.CNS.13Ag/c7-31(8,9)25-1-2(26-32(10,11)12)4(28-34(16,17)18)6(30-36(22,23)24)5(29-35(19,20)21)3(1)27-33(13,14)15;2-1-3;;;;;;;;;;;;;/h1-6H,(H2,7,8,9)(H2,10,11,12)(H2,13,14,15)(H2,16,17,18)(H2,19,20,21)(H2,22,23,24);;;;;;;;;;;;;;/q;-1;13*+1/p-12. The summed E-state index contributed by atoms with van der Waals surface area (Å²) in [5, 5.41) is 8.47. The molecule has 1 aliphatic rings. The average molecular weight is 2110 g/mol. The molecule has 0 amide bonds. The van der Waals surface area contributed by atoms with Gasteiger partial charge in [0.25, 0.3) is 0 Å². The molecule has 0 N–H and O–H groups in total. The molecule has 0 saturated heterocycles. The predicted molar refractivity (Wildman–Crippen MR) is 90.8 cm³/mol. The van der Waals surface area contributed by atoms with Crippen molar-refractivity contribution in [2.75, 3.05) is 0 Å². The third-order valence-electron chi connectivity index (χ3n) is 3.45. The van der Waals surface area contributed by atoms with E-state index >= 15 is 0 Å². The third kappa shape index (κ3) is 51.1. The van der Waals surface area contributed by atoms with E-state index in [1.54, 1.807) is 0 Å². The van der Waals surface area contributed by atoms with Gasteiger partial charge in [-0.3, -0.25) is 0 Å². The van der Waals surface area contributed by atoms with E-state index < -0.39 is 83.6 Å². The smallest absolute Gasteiger partial charge is 0.790 e. The first-order chi connectivity index (χ1) is 17.0. The third-order valence-corrected chi connectivity index (χ3v) is 6.46. The Morgan fingerprint density at radius 3 is 0.423 bits per heavy atom. The Kier molecular flexibility index (Phi) is 84.1. The Hall–Kier alpha value is 10.1. The second-order valence-corrected chi connectivity index (χ2v) is 13.0. The van der Waals surface area contributed by atoms with Crippen LogP contribution in [0.25, 0.3) is 5.41 Å². The van der Waals surface area contributed by atoms with Crippen LogP contribution in [0.2, 0.25) is 0 Å². The van der Waals surface area contributed by atoms with Gasteiger partial charge in [-0.2, -0.15) is 5.16 Å². The fraction of sp³-hybridized carbons (Fsp3) is 0.857. The monoisotopic (exact) mass is 2100 g/mol. The van der Waals surface area contributed by atoms with Crippen molar-refractivity contribution in [3.8, 4) is 0 Å². The van der Waals surface area contributed by atoms with E-state index in [0.717, 1.165) is 0 Å². The summed E-state index contributed by atoms with van der Waals surface area (Å²) in [5.41, 5.74) is 0. The zero-order chi connectivity index (χ0) is 31.4. The van der Waals surface area contributed by atoms with Gasteiger partial charge in [0, 0.05) is 0 Å². The van der Waals surface area contributed by atoms with E-state index in [9.17, 15) is 86.1 Å². The van der Waals surface area contributed by atoms with Crippen LogP contribution in [0, 0.1) is 0 Å². The number of isothiocyanates is 1. The molecule has 0 bridgehead atoms. The molecular formula is C7H6Ag13NO24P6S. The van der Waals surface area contributed by atoms with E-state index in [4.69, 9.17) is 5.41 Å². The first kappa shape index (κ1) is 100. The molecule has 0 aromatic rings. The fourth-order valence-corrected chi connectivity index (χ4v) is 5.96. The Morgan fingerprint density at radius 2 is 0.385 bits per heavy atom. The summed E-state index contributed by atoms with van der Waals surface area (Å²) in [6, 6.07) is 0. The number of thiocarbonyl (C=S) groups is 1. The van der Waals surface area contributed by atoms with Gasteiger partial charge in [-0.05, 0) is 0 Å². The summed E-state index contributed by atoms with van der Waals surface area (Å²) in [4.78, 5) is 133. The van der Waals surface area contributed by atoms with E-state index in [1.807, 2.05) is 0 Å². The summed E-state index contributed by atoms with van der Waals surface area (Å²) >= 11 is 3.70. The van der Waals surface area contributed by atoms with Crippen molar-refractivity contribution in [3.63, 3.8) is 0 Å². The van der Waals surface area contributed by atoms with Crippen molar-refractivity contribution in [2.24, 2.45) is 0 Å². The van der Waals surface area contributed by atoms with Crippen LogP contribution >= 0.6 is 59.2 Å². The summed E-state index contributed by atoms with van der Waals surface area (Å²) in [5.74, 6) is 0. The van der Waals surface area contributed by atoms with E-state index in [1.165, 1.54) is 5.16 Å². The Morgan fingerprint density at radius 1 is 0.327 bits per heavy atom. The van der Waals surface area contributed by atoms with E-state index in [0.29, 0.717) is 0 Å². The molecule has 52 heavy (non-hydrogen) atoms. The van der Waals surface area contributed by atoms with Gasteiger partial charge in [-0.15, -0.1) is 0 Å². The van der Waals surface area contributed by atoms with Gasteiger partial charge in [-0.1, -0.05) is 12.2 Å². The average Bonchev–Trinajstić information content (AvgIpc) is 2.59. The molecule has 0 aromatic carbocycles. The predicted octanol–water partition coefficient (Wildman–Crippen LogP) is -10.1. The summed E-state index contributed by atoms with van der Waals surface area (Å²) in [7, 11) is -40.1. The van der Waals surface area contributed by atoms with Crippen LogP contribution in [-0.2, 0) is 345 Å². The molecule has 0 aromatic heterocycles. The Balaban J connectivity index is -0.0000000725. The number of phosphoric acid groups is 6. The van der Waals surface area contributed by atoms with Gasteiger partial charge in [-0.25, -0.2) is 0 Å². The molecule has 45 heteroatoms. The summed E-state index contributed by atoms with van der Waals surface area (Å²) in [6.07, 6.45) is -21.5. The van der Waals surface area contributed by atoms with Crippen molar-refractivity contribution >= 4 is 64.3 Å². The molecule has 1 rings (SSSR count). The number of phosphoric ester groups is 6. The second-order valence-electron chi connectivity index (χ2n) is 6.19. The molecule has 0 aliphatic heterocycles. The molecule has 0 radical (unpaired) electrons. The number of hydrogen-bond donors (Lipinski definition) is 0. The maximum Gasteiger partial charge on any atom is 1.00 e. The molecule has 1 aliphatic carbocycles. The largest absolute Gasteiger partial charge is 1.00 e. The Labute approximate surface area is 501 Å². The minimum absolute atomic E-state index is 0.